The molecule has 0 spiro atoms. The highest BCUT2D eigenvalue weighted by atomic mass is 32.1. The third-order valence-electron chi connectivity index (χ3n) is 1.31. The van der Waals surface area contributed by atoms with E-state index in [-0.39, 0.29) is 23.7 Å². The molecule has 0 aromatic rings. The Balaban J connectivity index is 3.64. The van der Waals surface area contributed by atoms with E-state index < -0.39 is 0 Å². The summed E-state index contributed by atoms with van der Waals surface area (Å²) in [4.78, 5) is 11.0. The molecule has 3 nitrogen and oxygen atoms in total. The van der Waals surface area contributed by atoms with E-state index in [1.165, 1.54) is 0 Å². The first-order valence-electron chi connectivity index (χ1n) is 3.66. The Bertz CT molecular complexity index is 128. The summed E-state index contributed by atoms with van der Waals surface area (Å²) in [6.07, 6.45) is 0. The van der Waals surface area contributed by atoms with Gasteiger partial charge in [-0.15, -0.1) is 0 Å². The molecule has 0 bridgehead atoms. The number of aliphatic hydroxyl groups is 1. The van der Waals surface area contributed by atoms with Crippen molar-refractivity contribution in [1.82, 2.24) is 5.32 Å². The highest BCUT2D eigenvalue weighted by Gasteiger charge is 2.16. The van der Waals surface area contributed by atoms with Gasteiger partial charge in [-0.05, 0) is 5.92 Å². The first-order chi connectivity index (χ1) is 5.09. The fraction of sp³-hybridized carbons (Fsp3) is 0.857. The number of rotatable bonds is 4. The lowest BCUT2D eigenvalue weighted by molar-refractivity contribution is -0.121. The number of carbonyl (C=O) groups is 1. The minimum absolute atomic E-state index is 0.0235. The Morgan fingerprint density at radius 3 is 2.55 bits per heavy atom. The lowest BCUT2D eigenvalue weighted by atomic mass is 10.1. The van der Waals surface area contributed by atoms with Crippen molar-refractivity contribution in [2.24, 2.45) is 5.92 Å². The lowest BCUT2D eigenvalue weighted by Crippen LogP contribution is -2.35. The normalized spacial score (nSPS) is 13.2. The number of hydrogen-bond donors (Lipinski definition) is 3. The van der Waals surface area contributed by atoms with E-state index in [9.17, 15) is 4.79 Å². The molecule has 0 aromatic carbocycles. The average Bonchev–Trinajstić information content (AvgIpc) is 1.98. The van der Waals surface area contributed by atoms with Crippen LogP contribution in [0.2, 0.25) is 0 Å². The Morgan fingerprint density at radius 2 is 2.18 bits per heavy atom. The Labute approximate surface area is 72.6 Å². The third-order valence-corrected chi connectivity index (χ3v) is 2.14. The van der Waals surface area contributed by atoms with Gasteiger partial charge in [-0.2, -0.15) is 12.6 Å². The van der Waals surface area contributed by atoms with Gasteiger partial charge in [0.1, 0.15) is 0 Å². The van der Waals surface area contributed by atoms with Crippen LogP contribution in [0.15, 0.2) is 0 Å². The maximum Gasteiger partial charge on any atom is 0.233 e. The number of carbonyl (C=O) groups excluding carboxylic acids is 1. The zero-order chi connectivity index (χ0) is 8.85. The molecule has 2 N–H and O–H groups in total. The molecule has 0 aromatic heterocycles. The summed E-state index contributed by atoms with van der Waals surface area (Å²) in [5, 5.41) is 10.7. The van der Waals surface area contributed by atoms with E-state index in [4.69, 9.17) is 5.11 Å². The van der Waals surface area contributed by atoms with E-state index >= 15 is 0 Å². The summed E-state index contributed by atoms with van der Waals surface area (Å²) in [6, 6.07) is 0. The second-order valence-electron chi connectivity index (χ2n) is 2.70. The molecular formula is C7H15NO2S. The van der Waals surface area contributed by atoms with Gasteiger partial charge in [0, 0.05) is 6.54 Å². The SMILES string of the molecule is CC(C)C(S)C(=O)NCCO. The molecule has 0 radical (unpaired) electrons. The smallest absolute Gasteiger partial charge is 0.233 e. The molecule has 1 amide bonds. The highest BCUT2D eigenvalue weighted by molar-refractivity contribution is 7.81. The molecule has 0 aliphatic heterocycles. The second kappa shape index (κ2) is 5.43. The monoisotopic (exact) mass is 177 g/mol. The van der Waals surface area contributed by atoms with E-state index in [0.29, 0.717) is 6.54 Å². The predicted molar refractivity (Wildman–Crippen MR) is 47.7 cm³/mol. The van der Waals surface area contributed by atoms with E-state index in [0.717, 1.165) is 0 Å². The molecule has 4 heteroatoms. The van der Waals surface area contributed by atoms with E-state index in [1.807, 2.05) is 13.8 Å². The zero-order valence-electron chi connectivity index (χ0n) is 6.87. The molecule has 0 rings (SSSR count). The van der Waals surface area contributed by atoms with Crippen LogP contribution >= 0.6 is 12.6 Å². The van der Waals surface area contributed by atoms with Crippen LogP contribution in [-0.2, 0) is 4.79 Å². The summed E-state index contributed by atoms with van der Waals surface area (Å²) >= 11 is 4.10. The summed E-state index contributed by atoms with van der Waals surface area (Å²) in [6.45, 7) is 4.14. The van der Waals surface area contributed by atoms with Gasteiger partial charge in [0.25, 0.3) is 0 Å². The summed E-state index contributed by atoms with van der Waals surface area (Å²) in [7, 11) is 0. The van der Waals surface area contributed by atoms with Gasteiger partial charge in [0.05, 0.1) is 11.9 Å². The molecular weight excluding hydrogens is 162 g/mol. The van der Waals surface area contributed by atoms with Gasteiger partial charge in [0.2, 0.25) is 5.91 Å². The highest BCUT2D eigenvalue weighted by Crippen LogP contribution is 2.07. The Morgan fingerprint density at radius 1 is 1.64 bits per heavy atom. The van der Waals surface area contributed by atoms with Crippen molar-refractivity contribution in [3.8, 4) is 0 Å². The van der Waals surface area contributed by atoms with Crippen molar-refractivity contribution in [3.63, 3.8) is 0 Å². The molecule has 0 fully saturated rings. The Kier molecular flexibility index (Phi) is 5.32. The zero-order valence-corrected chi connectivity index (χ0v) is 7.77. The van der Waals surface area contributed by atoms with Crippen LogP contribution in [0.1, 0.15) is 13.8 Å². The summed E-state index contributed by atoms with van der Waals surface area (Å²) in [5.74, 6) is 0.106. The van der Waals surface area contributed by atoms with Crippen LogP contribution in [0, 0.1) is 5.92 Å². The van der Waals surface area contributed by atoms with Crippen LogP contribution in [-0.4, -0.2) is 29.4 Å². The van der Waals surface area contributed by atoms with E-state index in [1.54, 1.807) is 0 Å². The van der Waals surface area contributed by atoms with Gasteiger partial charge < -0.3 is 10.4 Å². The van der Waals surface area contributed by atoms with Crippen LogP contribution in [0.3, 0.4) is 0 Å². The topological polar surface area (TPSA) is 49.3 Å². The molecule has 0 saturated carbocycles. The maximum absolute atomic E-state index is 11.0. The second-order valence-corrected chi connectivity index (χ2v) is 3.26. The first kappa shape index (κ1) is 10.8. The van der Waals surface area contributed by atoms with Crippen molar-refractivity contribution in [3.05, 3.63) is 0 Å². The van der Waals surface area contributed by atoms with Crippen molar-refractivity contribution < 1.29 is 9.90 Å². The molecule has 0 saturated heterocycles. The van der Waals surface area contributed by atoms with E-state index in [2.05, 4.69) is 17.9 Å². The minimum Gasteiger partial charge on any atom is -0.395 e. The largest absolute Gasteiger partial charge is 0.395 e. The van der Waals surface area contributed by atoms with Crippen molar-refractivity contribution in [2.75, 3.05) is 13.2 Å². The van der Waals surface area contributed by atoms with Crippen molar-refractivity contribution in [2.45, 2.75) is 19.1 Å². The number of nitrogens with one attached hydrogen (secondary N) is 1. The standard InChI is InChI=1S/C7H15NO2S/c1-5(2)6(11)7(10)8-3-4-9/h5-6,9,11H,3-4H2,1-2H3,(H,8,10). The van der Waals surface area contributed by atoms with Gasteiger partial charge in [-0.1, -0.05) is 13.8 Å². The van der Waals surface area contributed by atoms with Crippen molar-refractivity contribution in [1.29, 1.82) is 0 Å². The fourth-order valence-electron chi connectivity index (χ4n) is 0.586. The maximum atomic E-state index is 11.0. The van der Waals surface area contributed by atoms with Gasteiger partial charge >= 0.3 is 0 Å². The number of amides is 1. The van der Waals surface area contributed by atoms with Gasteiger partial charge in [-0.3, -0.25) is 4.79 Å². The molecule has 1 atom stereocenters. The quantitative estimate of drug-likeness (QED) is 0.531. The summed E-state index contributed by atoms with van der Waals surface area (Å²) < 4.78 is 0. The molecule has 0 aliphatic rings. The molecule has 0 heterocycles. The summed E-state index contributed by atoms with van der Waals surface area (Å²) in [5.41, 5.74) is 0. The third kappa shape index (κ3) is 4.27. The van der Waals surface area contributed by atoms with Crippen LogP contribution < -0.4 is 5.32 Å². The average molecular weight is 177 g/mol. The first-order valence-corrected chi connectivity index (χ1v) is 4.18. The predicted octanol–water partition coefficient (Wildman–Crippen LogP) is 0.0493. The fourth-order valence-corrected chi connectivity index (χ4v) is 0.678. The number of hydrogen-bond acceptors (Lipinski definition) is 3. The molecule has 11 heavy (non-hydrogen) atoms. The molecule has 1 unspecified atom stereocenters. The minimum atomic E-state index is -0.276. The van der Waals surface area contributed by atoms with Crippen LogP contribution in [0.25, 0.3) is 0 Å². The molecule has 66 valence electrons. The van der Waals surface area contributed by atoms with Gasteiger partial charge in [0.15, 0.2) is 0 Å². The van der Waals surface area contributed by atoms with Crippen LogP contribution in [0.5, 0.6) is 0 Å². The number of aliphatic hydroxyl groups excluding tert-OH is 1. The Hall–Kier alpha value is -0.220. The molecule has 0 aliphatic carbocycles. The number of thiol groups is 1. The van der Waals surface area contributed by atoms with Gasteiger partial charge in [-0.25, -0.2) is 0 Å². The van der Waals surface area contributed by atoms with Crippen molar-refractivity contribution >= 4 is 18.5 Å². The van der Waals surface area contributed by atoms with Crippen LogP contribution in [0.4, 0.5) is 0 Å². The lowest BCUT2D eigenvalue weighted by Gasteiger charge is -2.13.